The first kappa shape index (κ1) is 17.8. The number of ether oxygens (including phenoxy) is 1. The average Bonchev–Trinajstić information content (AvgIpc) is 2.71. The number of amides is 1. The van der Waals surface area contributed by atoms with Gasteiger partial charge in [-0.3, -0.25) is 9.59 Å². The quantitative estimate of drug-likeness (QED) is 0.521. The molecular weight excluding hydrogens is 322 g/mol. The first-order valence-corrected chi connectivity index (χ1v) is 8.56. The van der Waals surface area contributed by atoms with Gasteiger partial charge < -0.3 is 19.8 Å². The summed E-state index contributed by atoms with van der Waals surface area (Å²) in [5.74, 6) is -2.80. The minimum Gasteiger partial charge on any atom is -0.477 e. The summed E-state index contributed by atoms with van der Waals surface area (Å²) in [6, 6.07) is -0.359. The largest absolute Gasteiger partial charge is 0.477 e. The smallest absolute Gasteiger partial charge is 0.353 e. The Morgan fingerprint density at radius 1 is 1.43 bits per heavy atom. The van der Waals surface area contributed by atoms with Crippen LogP contribution in [-0.4, -0.2) is 57.5 Å². The molecule has 0 aromatic carbocycles. The van der Waals surface area contributed by atoms with E-state index in [4.69, 9.17) is 4.74 Å². The van der Waals surface area contributed by atoms with E-state index in [1.807, 2.05) is 13.8 Å². The number of carbonyl (C=O) groups is 3. The summed E-state index contributed by atoms with van der Waals surface area (Å²) < 4.78 is 4.98. The third kappa shape index (κ3) is 3.10. The number of fused-ring (bicyclic) bond motifs is 1. The molecule has 2 aliphatic rings. The average molecular weight is 343 g/mol. The van der Waals surface area contributed by atoms with E-state index in [9.17, 15) is 24.6 Å². The second-order valence-electron chi connectivity index (χ2n) is 5.78. The number of β-lactam (4-membered cyclic amide) rings is 1. The predicted octanol–water partition coefficient (Wildman–Crippen LogP) is 0.827. The van der Waals surface area contributed by atoms with Crippen LogP contribution in [0.3, 0.4) is 0 Å². The van der Waals surface area contributed by atoms with Crippen LogP contribution in [0.2, 0.25) is 0 Å². The van der Waals surface area contributed by atoms with Gasteiger partial charge in [-0.15, -0.1) is 11.8 Å². The third-order valence-electron chi connectivity index (χ3n) is 4.12. The van der Waals surface area contributed by atoms with Crippen molar-refractivity contribution in [1.29, 1.82) is 0 Å². The Kier molecular flexibility index (Phi) is 5.36. The molecule has 128 valence electrons. The van der Waals surface area contributed by atoms with Crippen molar-refractivity contribution in [3.05, 3.63) is 10.6 Å². The van der Waals surface area contributed by atoms with Crippen molar-refractivity contribution in [1.82, 2.24) is 4.90 Å². The van der Waals surface area contributed by atoms with E-state index in [1.165, 1.54) is 11.8 Å². The summed E-state index contributed by atoms with van der Waals surface area (Å²) in [7, 11) is 0. The topological polar surface area (TPSA) is 104 Å². The maximum Gasteiger partial charge on any atom is 0.353 e. The zero-order valence-corrected chi connectivity index (χ0v) is 14.1. The molecule has 1 saturated heterocycles. The number of rotatable bonds is 7. The molecule has 23 heavy (non-hydrogen) atoms. The van der Waals surface area contributed by atoms with Crippen LogP contribution in [0.5, 0.6) is 0 Å². The molecule has 0 aromatic rings. The van der Waals surface area contributed by atoms with Gasteiger partial charge >= 0.3 is 11.9 Å². The van der Waals surface area contributed by atoms with E-state index in [2.05, 4.69) is 0 Å². The highest BCUT2D eigenvalue weighted by Gasteiger charge is 2.59. The second kappa shape index (κ2) is 6.92. The lowest BCUT2D eigenvalue weighted by atomic mass is 9.79. The first-order valence-electron chi connectivity index (χ1n) is 7.58. The SMILES string of the molecule is CCCOC(=O)CSC1=C(C(=O)O)N2C(=O)C(C(C)O)C2C1C. The van der Waals surface area contributed by atoms with Crippen molar-refractivity contribution >= 4 is 29.6 Å². The molecule has 1 fully saturated rings. The van der Waals surface area contributed by atoms with Crippen molar-refractivity contribution in [2.75, 3.05) is 12.4 Å². The summed E-state index contributed by atoms with van der Waals surface area (Å²) in [6.07, 6.45) is -0.115. The summed E-state index contributed by atoms with van der Waals surface area (Å²) in [6.45, 7) is 5.56. The normalized spacial score (nSPS) is 27.6. The Morgan fingerprint density at radius 3 is 2.61 bits per heavy atom. The van der Waals surface area contributed by atoms with Crippen LogP contribution in [-0.2, 0) is 19.1 Å². The highest BCUT2D eigenvalue weighted by molar-refractivity contribution is 8.03. The molecule has 7 nitrogen and oxygen atoms in total. The molecule has 2 aliphatic heterocycles. The Hall–Kier alpha value is -1.54. The van der Waals surface area contributed by atoms with E-state index in [0.29, 0.717) is 11.5 Å². The fraction of sp³-hybridized carbons (Fsp3) is 0.667. The van der Waals surface area contributed by atoms with Gasteiger partial charge in [0.2, 0.25) is 5.91 Å². The molecule has 2 heterocycles. The van der Waals surface area contributed by atoms with E-state index < -0.39 is 24.0 Å². The molecule has 0 saturated carbocycles. The molecule has 0 aromatic heterocycles. The number of hydrogen-bond donors (Lipinski definition) is 2. The standard InChI is InChI=1S/C15H21NO6S/c1-4-5-22-9(18)6-23-13-7(2)11-10(8(3)17)14(19)16(11)12(13)15(20)21/h7-8,10-11,17H,4-6H2,1-3H3,(H,20,21). The molecule has 0 aliphatic carbocycles. The lowest BCUT2D eigenvalue weighted by Gasteiger charge is -2.46. The molecule has 1 amide bonds. The van der Waals surface area contributed by atoms with Gasteiger partial charge in [0.05, 0.1) is 30.4 Å². The third-order valence-corrected chi connectivity index (χ3v) is 5.38. The Labute approximate surface area is 138 Å². The Morgan fingerprint density at radius 2 is 2.09 bits per heavy atom. The van der Waals surface area contributed by atoms with E-state index in [1.54, 1.807) is 0 Å². The Bertz CT molecular complexity index is 558. The summed E-state index contributed by atoms with van der Waals surface area (Å²) in [4.78, 5) is 37.0. The molecule has 4 unspecified atom stereocenters. The molecule has 0 radical (unpaired) electrons. The van der Waals surface area contributed by atoms with Gasteiger partial charge in [-0.1, -0.05) is 13.8 Å². The number of esters is 1. The van der Waals surface area contributed by atoms with Gasteiger partial charge in [-0.25, -0.2) is 4.79 Å². The van der Waals surface area contributed by atoms with Gasteiger partial charge in [0.15, 0.2) is 0 Å². The lowest BCUT2D eigenvalue weighted by Crippen LogP contribution is -2.63. The highest BCUT2D eigenvalue weighted by atomic mass is 32.2. The Balaban J connectivity index is 2.15. The van der Waals surface area contributed by atoms with Crippen molar-refractivity contribution in [3.8, 4) is 0 Å². The van der Waals surface area contributed by atoms with Crippen molar-refractivity contribution in [3.63, 3.8) is 0 Å². The minimum absolute atomic E-state index is 0.00451. The van der Waals surface area contributed by atoms with Crippen LogP contribution < -0.4 is 0 Å². The molecule has 2 N–H and O–H groups in total. The van der Waals surface area contributed by atoms with Crippen LogP contribution in [0.25, 0.3) is 0 Å². The second-order valence-corrected chi connectivity index (χ2v) is 6.80. The number of aliphatic hydroxyl groups is 1. The molecule has 0 spiro atoms. The monoisotopic (exact) mass is 343 g/mol. The number of thioether (sulfide) groups is 1. The van der Waals surface area contributed by atoms with E-state index in [-0.39, 0.29) is 29.3 Å². The van der Waals surface area contributed by atoms with Crippen LogP contribution >= 0.6 is 11.8 Å². The van der Waals surface area contributed by atoms with Crippen molar-refractivity contribution < 1.29 is 29.3 Å². The molecular formula is C15H21NO6S. The van der Waals surface area contributed by atoms with Crippen LogP contribution in [0.1, 0.15) is 27.2 Å². The number of aliphatic carboxylic acids is 1. The number of carboxylic acid groups (broad SMARTS) is 1. The van der Waals surface area contributed by atoms with Crippen LogP contribution in [0, 0.1) is 11.8 Å². The fourth-order valence-corrected chi connectivity index (χ4v) is 4.19. The molecule has 4 atom stereocenters. The summed E-state index contributed by atoms with van der Waals surface area (Å²) >= 11 is 1.10. The lowest BCUT2D eigenvalue weighted by molar-refractivity contribution is -0.163. The van der Waals surface area contributed by atoms with E-state index >= 15 is 0 Å². The van der Waals surface area contributed by atoms with Crippen LogP contribution in [0.15, 0.2) is 10.6 Å². The van der Waals surface area contributed by atoms with E-state index in [0.717, 1.165) is 18.2 Å². The molecule has 0 bridgehead atoms. The molecule has 8 heteroatoms. The maximum absolute atomic E-state index is 12.1. The zero-order chi connectivity index (χ0) is 17.3. The fourth-order valence-electron chi connectivity index (χ4n) is 3.11. The zero-order valence-electron chi connectivity index (χ0n) is 13.3. The van der Waals surface area contributed by atoms with Gasteiger partial charge in [-0.05, 0) is 13.3 Å². The number of nitrogens with zero attached hydrogens (tertiary/aromatic N) is 1. The number of aliphatic hydroxyl groups excluding tert-OH is 1. The summed E-state index contributed by atoms with van der Waals surface area (Å²) in [5.41, 5.74) is -0.0716. The molecule has 2 rings (SSSR count). The predicted molar refractivity (Wildman–Crippen MR) is 83.3 cm³/mol. The minimum atomic E-state index is -1.19. The van der Waals surface area contributed by atoms with Gasteiger partial charge in [-0.2, -0.15) is 0 Å². The maximum atomic E-state index is 12.1. The summed E-state index contributed by atoms with van der Waals surface area (Å²) in [5, 5.41) is 19.2. The van der Waals surface area contributed by atoms with Gasteiger partial charge in [0.1, 0.15) is 5.70 Å². The van der Waals surface area contributed by atoms with Crippen molar-refractivity contribution in [2.45, 2.75) is 39.3 Å². The van der Waals surface area contributed by atoms with Crippen molar-refractivity contribution in [2.24, 2.45) is 11.8 Å². The number of hydrogen-bond acceptors (Lipinski definition) is 6. The highest BCUT2D eigenvalue weighted by Crippen LogP contribution is 2.50. The number of carbonyl (C=O) groups excluding carboxylic acids is 2. The van der Waals surface area contributed by atoms with Crippen LogP contribution in [0.4, 0.5) is 0 Å². The number of carboxylic acids is 1. The van der Waals surface area contributed by atoms with Gasteiger partial charge in [0, 0.05) is 10.8 Å². The first-order chi connectivity index (χ1) is 10.8. The van der Waals surface area contributed by atoms with Gasteiger partial charge in [0.25, 0.3) is 0 Å².